The maximum absolute atomic E-state index is 7.07. The Morgan fingerprint density at radius 3 is 2.69 bits per heavy atom. The van der Waals surface area contributed by atoms with E-state index in [1.807, 2.05) is 18.2 Å². The van der Waals surface area contributed by atoms with Gasteiger partial charge in [-0.25, -0.2) is 0 Å². The third kappa shape index (κ3) is 3.70. The zero-order chi connectivity index (χ0) is 9.84. The average Bonchev–Trinajstić information content (AvgIpc) is 2.02. The van der Waals surface area contributed by atoms with Gasteiger partial charge in [0.2, 0.25) is 0 Å². The molecule has 0 heterocycles. The van der Waals surface area contributed by atoms with E-state index in [4.69, 9.17) is 11.1 Å². The van der Waals surface area contributed by atoms with Gasteiger partial charge in [0.1, 0.15) is 0 Å². The van der Waals surface area contributed by atoms with Gasteiger partial charge in [-0.15, -0.1) is 0 Å². The lowest BCUT2D eigenvalue weighted by Gasteiger charge is -2.03. The van der Waals surface area contributed by atoms with Crippen molar-refractivity contribution < 1.29 is 0 Å². The number of amidine groups is 1. The van der Waals surface area contributed by atoms with Crippen molar-refractivity contribution in [2.75, 3.05) is 0 Å². The summed E-state index contributed by atoms with van der Waals surface area (Å²) in [5, 5.41) is 7.22. The van der Waals surface area contributed by atoms with E-state index in [0.717, 1.165) is 20.3 Å². The largest absolute Gasteiger partial charge is 0.379 e. The van der Waals surface area contributed by atoms with Gasteiger partial charge < -0.3 is 5.73 Å². The normalized spacial score (nSPS) is 10.0. The summed E-state index contributed by atoms with van der Waals surface area (Å²) >= 11 is 8.14. The van der Waals surface area contributed by atoms with Crippen LogP contribution < -0.4 is 5.73 Å². The number of nitrogens with two attached hydrogens (primary N) is 1. The number of halogens is 2. The molecule has 0 aliphatic carbocycles. The van der Waals surface area contributed by atoms with E-state index >= 15 is 0 Å². The summed E-state index contributed by atoms with van der Waals surface area (Å²) < 4.78 is 2.08. The van der Waals surface area contributed by atoms with E-state index in [0.29, 0.717) is 0 Å². The Morgan fingerprint density at radius 2 is 2.15 bits per heavy atom. The Kier molecular flexibility index (Phi) is 4.28. The molecule has 0 amide bonds. The quantitative estimate of drug-likeness (QED) is 0.648. The first-order valence-corrected chi connectivity index (χ1v) is 6.07. The third-order valence-corrected chi connectivity index (χ3v) is 3.40. The summed E-state index contributed by atoms with van der Waals surface area (Å²) in [6.45, 7) is 0. The summed E-state index contributed by atoms with van der Waals surface area (Å²) in [6, 6.07) is 5.96. The number of benzene rings is 1. The zero-order valence-corrected chi connectivity index (χ0v) is 10.7. The van der Waals surface area contributed by atoms with E-state index < -0.39 is 0 Å². The smallest absolute Gasteiger partial charge is 0.151 e. The highest BCUT2D eigenvalue weighted by Crippen LogP contribution is 2.25. The Bertz CT molecular complexity index is 328. The van der Waals surface area contributed by atoms with Crippen LogP contribution in [0.4, 0.5) is 0 Å². The fourth-order valence-electron chi connectivity index (χ4n) is 0.794. The fraction of sp³-hybridized carbons (Fsp3) is 0.125. The third-order valence-electron chi connectivity index (χ3n) is 1.40. The number of nitrogens with one attached hydrogen (secondary N) is 1. The topological polar surface area (TPSA) is 49.9 Å². The summed E-state index contributed by atoms with van der Waals surface area (Å²) in [4.78, 5) is 0. The lowest BCUT2D eigenvalue weighted by molar-refractivity contribution is 1.37. The molecular formula is C8H8Br2N2S. The van der Waals surface area contributed by atoms with Crippen molar-refractivity contribution in [3.8, 4) is 0 Å². The van der Waals surface area contributed by atoms with Crippen LogP contribution in [-0.4, -0.2) is 5.17 Å². The molecule has 0 unspecified atom stereocenters. The first-order chi connectivity index (χ1) is 6.09. The van der Waals surface area contributed by atoms with Crippen LogP contribution in [0.1, 0.15) is 5.56 Å². The van der Waals surface area contributed by atoms with Crippen LogP contribution in [0.25, 0.3) is 0 Å². The van der Waals surface area contributed by atoms with Gasteiger partial charge in [0, 0.05) is 14.7 Å². The highest BCUT2D eigenvalue weighted by Gasteiger charge is 2.01. The molecule has 5 heteroatoms. The number of hydrogen-bond acceptors (Lipinski definition) is 2. The van der Waals surface area contributed by atoms with E-state index in [1.165, 1.54) is 11.8 Å². The minimum Gasteiger partial charge on any atom is -0.379 e. The van der Waals surface area contributed by atoms with Crippen molar-refractivity contribution in [1.82, 2.24) is 0 Å². The van der Waals surface area contributed by atoms with Gasteiger partial charge in [0.05, 0.1) is 0 Å². The van der Waals surface area contributed by atoms with Gasteiger partial charge in [0.25, 0.3) is 0 Å². The van der Waals surface area contributed by atoms with Crippen LogP contribution in [-0.2, 0) is 5.75 Å². The van der Waals surface area contributed by atoms with Crippen LogP contribution in [0.5, 0.6) is 0 Å². The highest BCUT2D eigenvalue weighted by atomic mass is 79.9. The summed E-state index contributed by atoms with van der Waals surface area (Å²) in [5.74, 6) is 0.725. The number of rotatable bonds is 2. The molecular weight excluding hydrogens is 316 g/mol. The molecule has 0 aliphatic heterocycles. The van der Waals surface area contributed by atoms with Crippen LogP contribution in [0.15, 0.2) is 27.1 Å². The molecule has 0 saturated carbocycles. The van der Waals surface area contributed by atoms with Crippen LogP contribution in [0.2, 0.25) is 0 Å². The van der Waals surface area contributed by atoms with Crippen molar-refractivity contribution in [2.45, 2.75) is 5.75 Å². The molecule has 0 aromatic heterocycles. The van der Waals surface area contributed by atoms with E-state index in [-0.39, 0.29) is 5.17 Å². The summed E-state index contributed by atoms with van der Waals surface area (Å²) in [5.41, 5.74) is 6.38. The number of thioether (sulfide) groups is 1. The van der Waals surface area contributed by atoms with Crippen molar-refractivity contribution in [2.24, 2.45) is 5.73 Å². The first-order valence-electron chi connectivity index (χ1n) is 3.50. The lowest BCUT2D eigenvalue weighted by atomic mass is 10.2. The fourth-order valence-corrected chi connectivity index (χ4v) is 2.73. The van der Waals surface area contributed by atoms with Crippen molar-refractivity contribution in [1.29, 1.82) is 5.41 Å². The molecule has 13 heavy (non-hydrogen) atoms. The molecule has 0 spiro atoms. The second kappa shape index (κ2) is 5.02. The minimum atomic E-state index is 0.148. The molecule has 70 valence electrons. The molecule has 0 aliphatic rings. The van der Waals surface area contributed by atoms with E-state index in [1.54, 1.807) is 0 Å². The van der Waals surface area contributed by atoms with Gasteiger partial charge >= 0.3 is 0 Å². The van der Waals surface area contributed by atoms with Gasteiger partial charge in [-0.2, -0.15) is 0 Å². The van der Waals surface area contributed by atoms with Gasteiger partial charge in [-0.05, 0) is 17.7 Å². The van der Waals surface area contributed by atoms with Crippen LogP contribution >= 0.6 is 43.6 Å². The maximum Gasteiger partial charge on any atom is 0.151 e. The van der Waals surface area contributed by atoms with E-state index in [9.17, 15) is 0 Å². The Morgan fingerprint density at radius 1 is 1.46 bits per heavy atom. The standard InChI is InChI=1S/C8H8Br2N2S/c9-6-2-1-5(7(10)3-6)4-13-8(11)12/h1-3H,4H2,(H3,11,12). The molecule has 0 fully saturated rings. The molecule has 1 aromatic rings. The van der Waals surface area contributed by atoms with E-state index in [2.05, 4.69) is 31.9 Å². The number of hydrogen-bond donors (Lipinski definition) is 2. The second-order valence-electron chi connectivity index (χ2n) is 2.39. The minimum absolute atomic E-state index is 0.148. The maximum atomic E-state index is 7.07. The van der Waals surface area contributed by atoms with Gasteiger partial charge in [-0.3, -0.25) is 5.41 Å². The molecule has 1 aromatic carbocycles. The second-order valence-corrected chi connectivity index (χ2v) is 5.18. The molecule has 0 atom stereocenters. The van der Waals surface area contributed by atoms with Crippen molar-refractivity contribution >= 4 is 48.8 Å². The molecule has 1 rings (SSSR count). The van der Waals surface area contributed by atoms with Crippen molar-refractivity contribution in [3.63, 3.8) is 0 Å². The SMILES string of the molecule is N=C(N)SCc1ccc(Br)cc1Br. The molecule has 0 saturated heterocycles. The average molecular weight is 324 g/mol. The molecule has 0 bridgehead atoms. The Balaban J connectivity index is 2.72. The predicted molar refractivity (Wildman–Crippen MR) is 65.1 cm³/mol. The van der Waals surface area contributed by atoms with Crippen molar-refractivity contribution in [3.05, 3.63) is 32.7 Å². The monoisotopic (exact) mass is 322 g/mol. The molecule has 3 N–H and O–H groups in total. The highest BCUT2D eigenvalue weighted by molar-refractivity contribution is 9.11. The zero-order valence-electron chi connectivity index (χ0n) is 6.68. The summed E-state index contributed by atoms with van der Waals surface area (Å²) in [6.07, 6.45) is 0. The van der Waals surface area contributed by atoms with Gasteiger partial charge in [-0.1, -0.05) is 49.7 Å². The van der Waals surface area contributed by atoms with Crippen LogP contribution in [0.3, 0.4) is 0 Å². The first kappa shape index (κ1) is 11.1. The Hall–Kier alpha value is -0.000000000000000111. The van der Waals surface area contributed by atoms with Gasteiger partial charge in [0.15, 0.2) is 5.17 Å². The summed E-state index contributed by atoms with van der Waals surface area (Å²) in [7, 11) is 0. The predicted octanol–water partition coefficient (Wildman–Crippen LogP) is 3.34. The lowest BCUT2D eigenvalue weighted by Crippen LogP contribution is -2.03. The molecule has 0 radical (unpaired) electrons. The van der Waals surface area contributed by atoms with Crippen LogP contribution in [0, 0.1) is 5.41 Å². The Labute approximate surface area is 98.0 Å². The molecule has 2 nitrogen and oxygen atoms in total.